The molecule has 0 fully saturated rings. The predicted molar refractivity (Wildman–Crippen MR) is 62.4 cm³/mol. The van der Waals surface area contributed by atoms with Crippen LogP contribution in [0.1, 0.15) is 30.8 Å². The van der Waals surface area contributed by atoms with Gasteiger partial charge in [0, 0.05) is 11.7 Å². The zero-order valence-electron chi connectivity index (χ0n) is 9.73. The Morgan fingerprint density at radius 2 is 2.18 bits per heavy atom. The number of nitrogen functional groups attached to an aromatic ring is 1. The summed E-state index contributed by atoms with van der Waals surface area (Å²) in [5, 5.41) is 11.3. The van der Waals surface area contributed by atoms with Gasteiger partial charge in [0.15, 0.2) is 5.69 Å². The Morgan fingerprint density at radius 1 is 1.53 bits per heavy atom. The maximum absolute atomic E-state index is 11.8. The number of pyridine rings is 1. The third-order valence-electron chi connectivity index (χ3n) is 2.10. The molecule has 1 aromatic rings. The topological polar surface area (TPSA) is 105 Å². The second-order valence-electron chi connectivity index (χ2n) is 4.35. The first-order valence-corrected chi connectivity index (χ1v) is 5.06. The van der Waals surface area contributed by atoms with Crippen LogP contribution in [0.3, 0.4) is 0 Å². The number of anilines is 1. The number of rotatable bonds is 4. The SMILES string of the molecule is CC(C)(CC(=O)O)NC(=O)c1ncccc1N. The van der Waals surface area contributed by atoms with E-state index in [1.807, 2.05) is 0 Å². The Kier molecular flexibility index (Phi) is 3.67. The van der Waals surface area contributed by atoms with E-state index in [0.717, 1.165) is 0 Å². The Hall–Kier alpha value is -2.11. The molecule has 6 nitrogen and oxygen atoms in total. The number of hydrogen-bond donors (Lipinski definition) is 3. The van der Waals surface area contributed by atoms with Gasteiger partial charge in [-0.2, -0.15) is 0 Å². The van der Waals surface area contributed by atoms with Gasteiger partial charge in [-0.3, -0.25) is 9.59 Å². The van der Waals surface area contributed by atoms with Crippen molar-refractivity contribution in [2.75, 3.05) is 5.73 Å². The van der Waals surface area contributed by atoms with Gasteiger partial charge >= 0.3 is 5.97 Å². The molecule has 0 saturated carbocycles. The number of nitrogens with two attached hydrogens (primary N) is 1. The fraction of sp³-hybridized carbons (Fsp3) is 0.364. The number of nitrogens with one attached hydrogen (secondary N) is 1. The minimum absolute atomic E-state index is 0.103. The predicted octanol–water partition coefficient (Wildman–Crippen LogP) is 0.647. The number of aliphatic carboxylic acids is 1. The molecule has 4 N–H and O–H groups in total. The van der Waals surface area contributed by atoms with Gasteiger partial charge in [0.25, 0.3) is 5.91 Å². The van der Waals surface area contributed by atoms with Gasteiger partial charge in [-0.25, -0.2) is 4.98 Å². The third kappa shape index (κ3) is 3.75. The van der Waals surface area contributed by atoms with E-state index in [4.69, 9.17) is 10.8 Å². The lowest BCUT2D eigenvalue weighted by Gasteiger charge is -2.24. The number of nitrogens with zero attached hydrogens (tertiary/aromatic N) is 1. The molecule has 0 atom stereocenters. The summed E-state index contributed by atoms with van der Waals surface area (Å²) in [7, 11) is 0. The fourth-order valence-electron chi connectivity index (χ4n) is 1.40. The van der Waals surface area contributed by atoms with E-state index >= 15 is 0 Å². The van der Waals surface area contributed by atoms with Crippen molar-refractivity contribution < 1.29 is 14.7 Å². The molecule has 0 radical (unpaired) electrons. The highest BCUT2D eigenvalue weighted by Gasteiger charge is 2.25. The molecule has 0 unspecified atom stereocenters. The molecule has 0 aliphatic carbocycles. The van der Waals surface area contributed by atoms with E-state index in [1.165, 1.54) is 6.20 Å². The van der Waals surface area contributed by atoms with Crippen molar-refractivity contribution in [1.29, 1.82) is 0 Å². The van der Waals surface area contributed by atoms with Gasteiger partial charge < -0.3 is 16.2 Å². The normalized spacial score (nSPS) is 10.9. The Morgan fingerprint density at radius 3 is 2.71 bits per heavy atom. The van der Waals surface area contributed by atoms with Crippen molar-refractivity contribution >= 4 is 17.6 Å². The van der Waals surface area contributed by atoms with Gasteiger partial charge in [0.2, 0.25) is 0 Å². The van der Waals surface area contributed by atoms with Crippen LogP contribution in [0.15, 0.2) is 18.3 Å². The van der Waals surface area contributed by atoms with Crippen molar-refractivity contribution in [2.45, 2.75) is 25.8 Å². The second-order valence-corrected chi connectivity index (χ2v) is 4.35. The lowest BCUT2D eigenvalue weighted by molar-refractivity contribution is -0.138. The molecule has 0 bridgehead atoms. The van der Waals surface area contributed by atoms with Crippen molar-refractivity contribution in [2.24, 2.45) is 0 Å². The van der Waals surface area contributed by atoms with Crippen molar-refractivity contribution in [1.82, 2.24) is 10.3 Å². The Balaban J connectivity index is 2.79. The monoisotopic (exact) mass is 237 g/mol. The summed E-state index contributed by atoms with van der Waals surface area (Å²) in [6.07, 6.45) is 1.28. The number of carbonyl (C=O) groups excluding carboxylic acids is 1. The summed E-state index contributed by atoms with van der Waals surface area (Å²) >= 11 is 0. The third-order valence-corrected chi connectivity index (χ3v) is 2.10. The average molecular weight is 237 g/mol. The van der Waals surface area contributed by atoms with Gasteiger partial charge in [0.05, 0.1) is 12.1 Å². The summed E-state index contributed by atoms with van der Waals surface area (Å²) in [5.41, 5.74) is 5.11. The smallest absolute Gasteiger partial charge is 0.305 e. The maximum atomic E-state index is 11.8. The molecule has 0 spiro atoms. The first kappa shape index (κ1) is 13.0. The largest absolute Gasteiger partial charge is 0.481 e. The molecule has 0 aromatic carbocycles. The van der Waals surface area contributed by atoms with E-state index in [2.05, 4.69) is 10.3 Å². The zero-order valence-corrected chi connectivity index (χ0v) is 9.73. The van der Waals surface area contributed by atoms with E-state index < -0.39 is 17.4 Å². The van der Waals surface area contributed by atoms with Crippen molar-refractivity contribution in [3.63, 3.8) is 0 Å². The summed E-state index contributed by atoms with van der Waals surface area (Å²) < 4.78 is 0. The Labute approximate surface area is 98.8 Å². The van der Waals surface area contributed by atoms with Gasteiger partial charge in [-0.1, -0.05) is 0 Å². The van der Waals surface area contributed by atoms with Gasteiger partial charge in [-0.15, -0.1) is 0 Å². The summed E-state index contributed by atoms with van der Waals surface area (Å²) in [6.45, 7) is 3.25. The molecule has 1 rings (SSSR count). The molecule has 92 valence electrons. The van der Waals surface area contributed by atoms with E-state index in [1.54, 1.807) is 26.0 Å². The number of carbonyl (C=O) groups is 2. The summed E-state index contributed by atoms with van der Waals surface area (Å²) in [4.78, 5) is 26.3. The van der Waals surface area contributed by atoms with Crippen LogP contribution in [-0.2, 0) is 4.79 Å². The Bertz CT molecular complexity index is 443. The fourth-order valence-corrected chi connectivity index (χ4v) is 1.40. The van der Waals surface area contributed by atoms with Crippen molar-refractivity contribution in [3.05, 3.63) is 24.0 Å². The van der Waals surface area contributed by atoms with Crippen LogP contribution >= 0.6 is 0 Å². The van der Waals surface area contributed by atoms with E-state index in [9.17, 15) is 9.59 Å². The molecule has 1 amide bonds. The van der Waals surface area contributed by atoms with Gasteiger partial charge in [0.1, 0.15) is 0 Å². The minimum Gasteiger partial charge on any atom is -0.481 e. The van der Waals surface area contributed by atoms with Crippen LogP contribution in [-0.4, -0.2) is 27.5 Å². The molecular weight excluding hydrogens is 222 g/mol. The molecular formula is C11H15N3O3. The van der Waals surface area contributed by atoms with Crippen LogP contribution in [0, 0.1) is 0 Å². The second kappa shape index (κ2) is 4.82. The van der Waals surface area contributed by atoms with Crippen LogP contribution in [0.25, 0.3) is 0 Å². The summed E-state index contributed by atoms with van der Waals surface area (Å²) in [6, 6.07) is 3.18. The van der Waals surface area contributed by atoms with Crippen LogP contribution < -0.4 is 11.1 Å². The molecule has 0 saturated heterocycles. The van der Waals surface area contributed by atoms with Crippen LogP contribution in [0.4, 0.5) is 5.69 Å². The van der Waals surface area contributed by atoms with Crippen LogP contribution in [0.2, 0.25) is 0 Å². The number of hydrogen-bond acceptors (Lipinski definition) is 4. The zero-order chi connectivity index (χ0) is 13.1. The lowest BCUT2D eigenvalue weighted by Crippen LogP contribution is -2.45. The van der Waals surface area contributed by atoms with E-state index in [0.29, 0.717) is 0 Å². The van der Waals surface area contributed by atoms with Crippen LogP contribution in [0.5, 0.6) is 0 Å². The molecule has 6 heteroatoms. The highest BCUT2D eigenvalue weighted by Crippen LogP contribution is 2.12. The number of amides is 1. The quantitative estimate of drug-likeness (QED) is 0.712. The highest BCUT2D eigenvalue weighted by molar-refractivity contribution is 5.97. The number of carboxylic acids is 1. The number of aromatic nitrogens is 1. The standard InChI is InChI=1S/C11H15N3O3/c1-11(2,6-8(15)16)14-10(17)9-7(12)4-3-5-13-9/h3-5H,6,12H2,1-2H3,(H,14,17)(H,15,16). The maximum Gasteiger partial charge on any atom is 0.305 e. The van der Waals surface area contributed by atoms with Gasteiger partial charge in [-0.05, 0) is 26.0 Å². The molecule has 0 aliphatic rings. The minimum atomic E-state index is -0.982. The molecule has 17 heavy (non-hydrogen) atoms. The number of carboxylic acid groups (broad SMARTS) is 1. The first-order valence-electron chi connectivity index (χ1n) is 5.06. The molecule has 1 aromatic heterocycles. The lowest BCUT2D eigenvalue weighted by atomic mass is 10.0. The molecule has 1 heterocycles. The first-order chi connectivity index (χ1) is 7.82. The summed E-state index contributed by atoms with van der Waals surface area (Å²) in [5.74, 6) is -1.46. The molecule has 0 aliphatic heterocycles. The van der Waals surface area contributed by atoms with Crippen molar-refractivity contribution in [3.8, 4) is 0 Å². The average Bonchev–Trinajstić information content (AvgIpc) is 2.14. The van der Waals surface area contributed by atoms with E-state index in [-0.39, 0.29) is 17.8 Å². The highest BCUT2D eigenvalue weighted by atomic mass is 16.4.